The van der Waals surface area contributed by atoms with Crippen LogP contribution in [0.1, 0.15) is 37.3 Å². The van der Waals surface area contributed by atoms with Gasteiger partial charge in [-0.2, -0.15) is 4.98 Å². The van der Waals surface area contributed by atoms with Crippen molar-refractivity contribution in [3.8, 4) is 0 Å². The molecule has 6 heteroatoms. The number of rotatable bonds is 6. The molecule has 0 aliphatic rings. The lowest BCUT2D eigenvalue weighted by Gasteiger charge is -2.11. The monoisotopic (exact) mass is 249 g/mol. The average molecular weight is 249 g/mol. The molecule has 0 unspecified atom stereocenters. The van der Waals surface area contributed by atoms with E-state index in [9.17, 15) is 0 Å². The summed E-state index contributed by atoms with van der Waals surface area (Å²) in [4.78, 5) is 8.32. The molecule has 2 aromatic heterocycles. The third-order valence-corrected chi connectivity index (χ3v) is 2.69. The second-order valence-corrected chi connectivity index (χ2v) is 4.55. The van der Waals surface area contributed by atoms with Gasteiger partial charge in [-0.3, -0.25) is 0 Å². The van der Waals surface area contributed by atoms with Crippen LogP contribution in [-0.2, 0) is 13.0 Å². The van der Waals surface area contributed by atoms with Gasteiger partial charge in [0.05, 0.1) is 12.0 Å². The van der Waals surface area contributed by atoms with E-state index in [1.165, 1.54) is 5.69 Å². The predicted octanol–water partition coefficient (Wildman–Crippen LogP) is 1.49. The molecule has 0 radical (unpaired) electrons. The molecule has 2 rings (SSSR count). The maximum absolute atomic E-state index is 5.04. The summed E-state index contributed by atoms with van der Waals surface area (Å²) in [5, 5.41) is 7.11. The second kappa shape index (κ2) is 5.77. The van der Waals surface area contributed by atoms with E-state index in [-0.39, 0.29) is 0 Å². The maximum Gasteiger partial charge on any atom is 0.227 e. The SMILES string of the molecule is Cc1noc(CCNCc2cncn2C(C)C)n1. The van der Waals surface area contributed by atoms with Crippen LogP contribution in [0.5, 0.6) is 0 Å². The first-order valence-electron chi connectivity index (χ1n) is 6.17. The molecule has 1 N–H and O–H groups in total. The number of aromatic nitrogens is 4. The number of imidazole rings is 1. The molecule has 0 spiro atoms. The molecule has 0 aliphatic carbocycles. The maximum atomic E-state index is 5.04. The highest BCUT2D eigenvalue weighted by atomic mass is 16.5. The molecule has 0 saturated heterocycles. The molecule has 18 heavy (non-hydrogen) atoms. The summed E-state index contributed by atoms with van der Waals surface area (Å²) in [5.74, 6) is 1.36. The first-order valence-corrected chi connectivity index (χ1v) is 6.17. The van der Waals surface area contributed by atoms with Crippen molar-refractivity contribution in [1.29, 1.82) is 0 Å². The lowest BCUT2D eigenvalue weighted by atomic mass is 10.3. The summed E-state index contributed by atoms with van der Waals surface area (Å²) in [7, 11) is 0. The first-order chi connectivity index (χ1) is 8.66. The van der Waals surface area contributed by atoms with Gasteiger partial charge in [-0.05, 0) is 20.8 Å². The van der Waals surface area contributed by atoms with Crippen LogP contribution in [0.15, 0.2) is 17.0 Å². The van der Waals surface area contributed by atoms with Crippen LogP contribution in [0, 0.1) is 6.92 Å². The van der Waals surface area contributed by atoms with Crippen LogP contribution >= 0.6 is 0 Å². The quantitative estimate of drug-likeness (QED) is 0.785. The van der Waals surface area contributed by atoms with E-state index in [4.69, 9.17) is 4.52 Å². The van der Waals surface area contributed by atoms with Crippen molar-refractivity contribution in [1.82, 2.24) is 25.0 Å². The van der Waals surface area contributed by atoms with Crippen LogP contribution < -0.4 is 5.32 Å². The number of nitrogens with one attached hydrogen (secondary N) is 1. The highest BCUT2D eigenvalue weighted by molar-refractivity contribution is 4.99. The van der Waals surface area contributed by atoms with E-state index < -0.39 is 0 Å². The molecular formula is C12H19N5O. The van der Waals surface area contributed by atoms with Crippen molar-refractivity contribution in [2.24, 2.45) is 0 Å². The molecule has 2 heterocycles. The minimum absolute atomic E-state index is 0.433. The zero-order valence-corrected chi connectivity index (χ0v) is 11.1. The zero-order chi connectivity index (χ0) is 13.0. The Morgan fingerprint density at radius 1 is 1.44 bits per heavy atom. The van der Waals surface area contributed by atoms with Gasteiger partial charge in [0.2, 0.25) is 5.89 Å². The summed E-state index contributed by atoms with van der Waals surface area (Å²) in [5.41, 5.74) is 1.19. The predicted molar refractivity (Wildman–Crippen MR) is 67.1 cm³/mol. The van der Waals surface area contributed by atoms with Crippen molar-refractivity contribution in [2.75, 3.05) is 6.54 Å². The molecule has 98 valence electrons. The highest BCUT2D eigenvalue weighted by Gasteiger charge is 2.05. The molecular weight excluding hydrogens is 230 g/mol. The highest BCUT2D eigenvalue weighted by Crippen LogP contribution is 2.08. The third-order valence-electron chi connectivity index (χ3n) is 2.69. The van der Waals surface area contributed by atoms with Gasteiger partial charge in [0, 0.05) is 31.7 Å². The largest absolute Gasteiger partial charge is 0.339 e. The van der Waals surface area contributed by atoms with Crippen LogP contribution in [0.3, 0.4) is 0 Å². The molecule has 0 aromatic carbocycles. The Balaban J connectivity index is 1.77. The summed E-state index contributed by atoms with van der Waals surface area (Å²) in [6.07, 6.45) is 4.50. The number of hydrogen-bond acceptors (Lipinski definition) is 5. The van der Waals surface area contributed by atoms with Crippen molar-refractivity contribution in [2.45, 2.75) is 39.8 Å². The fourth-order valence-electron chi connectivity index (χ4n) is 1.79. The lowest BCUT2D eigenvalue weighted by Crippen LogP contribution is -2.19. The molecule has 0 saturated carbocycles. The van der Waals surface area contributed by atoms with Crippen LogP contribution in [0.2, 0.25) is 0 Å². The number of hydrogen-bond donors (Lipinski definition) is 1. The Morgan fingerprint density at radius 3 is 2.94 bits per heavy atom. The van der Waals surface area contributed by atoms with Gasteiger partial charge >= 0.3 is 0 Å². The fraction of sp³-hybridized carbons (Fsp3) is 0.583. The Hall–Kier alpha value is -1.69. The number of aryl methyl sites for hydroxylation is 1. The summed E-state index contributed by atoms with van der Waals surface area (Å²) in [6, 6.07) is 0.433. The van der Waals surface area contributed by atoms with E-state index in [0.29, 0.717) is 17.8 Å². The van der Waals surface area contributed by atoms with E-state index in [0.717, 1.165) is 19.5 Å². The van der Waals surface area contributed by atoms with E-state index in [1.807, 2.05) is 19.4 Å². The molecule has 2 aromatic rings. The number of nitrogens with zero attached hydrogens (tertiary/aromatic N) is 4. The lowest BCUT2D eigenvalue weighted by molar-refractivity contribution is 0.372. The van der Waals surface area contributed by atoms with Gasteiger partial charge in [0.15, 0.2) is 5.82 Å². The Kier molecular flexibility index (Phi) is 4.09. The topological polar surface area (TPSA) is 68.8 Å². The first kappa shape index (κ1) is 12.8. The minimum atomic E-state index is 0.433. The Morgan fingerprint density at radius 2 is 2.28 bits per heavy atom. The van der Waals surface area contributed by atoms with Crippen LogP contribution in [0.25, 0.3) is 0 Å². The molecule has 0 fully saturated rings. The van der Waals surface area contributed by atoms with Gasteiger partial charge in [0.25, 0.3) is 0 Å². The Bertz CT molecular complexity index is 488. The second-order valence-electron chi connectivity index (χ2n) is 4.55. The average Bonchev–Trinajstić information content (AvgIpc) is 2.93. The summed E-state index contributed by atoms with van der Waals surface area (Å²) in [6.45, 7) is 7.72. The molecule has 0 aliphatic heterocycles. The van der Waals surface area contributed by atoms with Crippen molar-refractivity contribution < 1.29 is 4.52 Å². The van der Waals surface area contributed by atoms with Crippen molar-refractivity contribution in [3.05, 3.63) is 29.9 Å². The van der Waals surface area contributed by atoms with Gasteiger partial charge < -0.3 is 14.4 Å². The van der Waals surface area contributed by atoms with E-state index in [2.05, 4.69) is 38.9 Å². The van der Waals surface area contributed by atoms with Crippen molar-refractivity contribution in [3.63, 3.8) is 0 Å². The Labute approximate surface area is 106 Å². The minimum Gasteiger partial charge on any atom is -0.339 e. The van der Waals surface area contributed by atoms with Crippen LogP contribution in [-0.4, -0.2) is 26.2 Å². The van der Waals surface area contributed by atoms with Gasteiger partial charge in [-0.15, -0.1) is 0 Å². The zero-order valence-electron chi connectivity index (χ0n) is 11.1. The fourth-order valence-corrected chi connectivity index (χ4v) is 1.79. The smallest absolute Gasteiger partial charge is 0.227 e. The summed E-state index contributed by atoms with van der Waals surface area (Å²) < 4.78 is 7.20. The van der Waals surface area contributed by atoms with E-state index >= 15 is 0 Å². The standard InChI is InChI=1S/C12H19N5O/c1-9(2)17-8-14-7-11(17)6-13-5-4-12-15-10(3)16-18-12/h7-9,13H,4-6H2,1-3H3. The van der Waals surface area contributed by atoms with Gasteiger partial charge in [-0.1, -0.05) is 5.16 Å². The molecule has 0 atom stereocenters. The summed E-state index contributed by atoms with van der Waals surface area (Å²) >= 11 is 0. The third kappa shape index (κ3) is 3.16. The van der Waals surface area contributed by atoms with Crippen molar-refractivity contribution >= 4 is 0 Å². The van der Waals surface area contributed by atoms with Gasteiger partial charge in [-0.25, -0.2) is 4.98 Å². The normalized spacial score (nSPS) is 11.3. The molecule has 0 bridgehead atoms. The van der Waals surface area contributed by atoms with E-state index in [1.54, 1.807) is 0 Å². The molecule has 0 amide bonds. The van der Waals surface area contributed by atoms with Gasteiger partial charge in [0.1, 0.15) is 0 Å². The van der Waals surface area contributed by atoms with Crippen LogP contribution in [0.4, 0.5) is 0 Å². The molecule has 6 nitrogen and oxygen atoms in total.